The van der Waals surface area contributed by atoms with E-state index < -0.39 is 0 Å². The Morgan fingerprint density at radius 3 is 2.72 bits per heavy atom. The van der Waals surface area contributed by atoms with Crippen LogP contribution in [0.15, 0.2) is 36.4 Å². The Kier molecular flexibility index (Phi) is 14.7. The lowest BCUT2D eigenvalue weighted by molar-refractivity contribution is -0.140. The molecule has 1 aromatic carbocycles. The van der Waals surface area contributed by atoms with E-state index in [9.17, 15) is 4.79 Å². The number of aryl methyl sites for hydroxylation is 1. The minimum Gasteiger partial charge on any atom is -0.469 e. The van der Waals surface area contributed by atoms with Gasteiger partial charge in [-0.25, -0.2) is 0 Å². The fourth-order valence-corrected chi connectivity index (χ4v) is 4.28. The number of benzene rings is 1. The summed E-state index contributed by atoms with van der Waals surface area (Å²) in [6.07, 6.45) is 16.3. The Morgan fingerprint density at radius 2 is 2.03 bits per heavy atom. The molecular formula is C25H40O3S. The first-order valence-corrected chi connectivity index (χ1v) is 12.3. The van der Waals surface area contributed by atoms with Crippen molar-refractivity contribution in [1.29, 1.82) is 0 Å². The van der Waals surface area contributed by atoms with Crippen molar-refractivity contribution >= 4 is 17.7 Å². The molecule has 3 nitrogen and oxygen atoms in total. The topological polar surface area (TPSA) is 35.5 Å². The maximum absolute atomic E-state index is 10.5. The lowest BCUT2D eigenvalue weighted by atomic mass is 9.93. The number of hydrogen-bond donors (Lipinski definition) is 0. The van der Waals surface area contributed by atoms with Crippen LogP contribution in [-0.2, 0) is 27.3 Å². The zero-order valence-corrected chi connectivity index (χ0v) is 19.6. The summed E-state index contributed by atoms with van der Waals surface area (Å²) in [6.45, 7) is 3.04. The van der Waals surface area contributed by atoms with Crippen LogP contribution in [0.25, 0.3) is 0 Å². The molecule has 0 amide bonds. The van der Waals surface area contributed by atoms with E-state index in [2.05, 4.69) is 48.1 Å². The van der Waals surface area contributed by atoms with Crippen molar-refractivity contribution in [2.45, 2.75) is 64.9 Å². The molecule has 0 aromatic heterocycles. The van der Waals surface area contributed by atoms with Gasteiger partial charge in [0.1, 0.15) is 0 Å². The maximum atomic E-state index is 10.5. The van der Waals surface area contributed by atoms with Crippen molar-refractivity contribution in [3.8, 4) is 0 Å². The number of hydrogen-bond acceptors (Lipinski definition) is 4. The zero-order chi connectivity index (χ0) is 21.3. The smallest absolute Gasteiger partial charge is 0.305 e. The molecule has 0 spiro atoms. The van der Waals surface area contributed by atoms with Gasteiger partial charge in [-0.1, -0.05) is 56.2 Å². The molecule has 2 rings (SSSR count). The minimum absolute atomic E-state index is 0.107. The molecule has 0 bridgehead atoms. The van der Waals surface area contributed by atoms with Gasteiger partial charge in [-0.05, 0) is 67.1 Å². The lowest BCUT2D eigenvalue weighted by Crippen LogP contribution is -2.03. The predicted octanol–water partition coefficient (Wildman–Crippen LogP) is 6.45. The van der Waals surface area contributed by atoms with Crippen LogP contribution in [0.2, 0.25) is 0 Å². The lowest BCUT2D eigenvalue weighted by Gasteiger charge is -2.13. The van der Waals surface area contributed by atoms with Gasteiger partial charge in [0, 0.05) is 13.5 Å². The number of ether oxygens (including phenoxy) is 2. The fraction of sp³-hybridized carbons (Fsp3) is 0.640. The van der Waals surface area contributed by atoms with E-state index in [0.29, 0.717) is 13.0 Å². The molecule has 1 unspecified atom stereocenters. The third-order valence-corrected chi connectivity index (χ3v) is 6.18. The van der Waals surface area contributed by atoms with Gasteiger partial charge in [-0.15, -0.1) is 0 Å². The van der Waals surface area contributed by atoms with Crippen LogP contribution in [0, 0.1) is 11.8 Å². The second-order valence-electron chi connectivity index (χ2n) is 7.66. The average Bonchev–Trinajstić information content (AvgIpc) is 3.20. The van der Waals surface area contributed by atoms with Crippen LogP contribution >= 0.6 is 11.8 Å². The van der Waals surface area contributed by atoms with E-state index in [1.807, 2.05) is 6.26 Å². The highest BCUT2D eigenvalue weighted by Gasteiger charge is 2.22. The molecule has 2 atom stereocenters. The van der Waals surface area contributed by atoms with Gasteiger partial charge < -0.3 is 9.47 Å². The Hall–Kier alpha value is -1.26. The van der Waals surface area contributed by atoms with Crippen molar-refractivity contribution in [3.05, 3.63) is 47.5 Å². The summed E-state index contributed by atoms with van der Waals surface area (Å²) in [5.74, 6) is 2.72. The van der Waals surface area contributed by atoms with Gasteiger partial charge in [0.25, 0.3) is 0 Å². The molecule has 164 valence electrons. The van der Waals surface area contributed by atoms with Gasteiger partial charge in [-0.3, -0.25) is 4.79 Å². The van der Waals surface area contributed by atoms with Crippen LogP contribution in [0.1, 0.15) is 63.0 Å². The van der Waals surface area contributed by atoms with Crippen LogP contribution in [-0.4, -0.2) is 32.2 Å². The molecule has 4 heteroatoms. The maximum Gasteiger partial charge on any atom is 0.305 e. The second-order valence-corrected chi connectivity index (χ2v) is 8.64. The molecule has 1 aliphatic carbocycles. The third kappa shape index (κ3) is 11.5. The van der Waals surface area contributed by atoms with E-state index in [4.69, 9.17) is 4.74 Å². The third-order valence-electron chi connectivity index (χ3n) is 5.48. The summed E-state index contributed by atoms with van der Waals surface area (Å²) in [7, 11) is 3.17. The molecule has 0 heterocycles. The minimum atomic E-state index is -0.107. The number of methoxy groups -OCH3 is 2. The Labute approximate surface area is 182 Å². The van der Waals surface area contributed by atoms with Crippen molar-refractivity contribution < 1.29 is 14.3 Å². The number of allylic oxidation sites excluding steroid dienone is 2. The number of carbonyl (C=O) groups is 1. The highest BCUT2D eigenvalue weighted by Crippen LogP contribution is 2.34. The normalized spacial score (nSPS) is 18.5. The van der Waals surface area contributed by atoms with Gasteiger partial charge >= 0.3 is 5.97 Å². The average molecular weight is 421 g/mol. The highest BCUT2D eigenvalue weighted by molar-refractivity contribution is 7.98. The molecule has 1 aliphatic rings. The first-order valence-electron chi connectivity index (χ1n) is 10.9. The van der Waals surface area contributed by atoms with Crippen LogP contribution in [0.3, 0.4) is 0 Å². The number of carbonyl (C=O) groups excluding carboxylic acids is 1. The highest BCUT2D eigenvalue weighted by atomic mass is 32.2. The van der Waals surface area contributed by atoms with E-state index >= 15 is 0 Å². The van der Waals surface area contributed by atoms with Crippen LogP contribution < -0.4 is 0 Å². The Morgan fingerprint density at radius 1 is 1.24 bits per heavy atom. The summed E-state index contributed by atoms with van der Waals surface area (Å²) in [6, 6.07) is 8.75. The standard InChI is InChI=1S/C19H28O.C6H12O2S/c1-3-18-12-7-13-19(18)11-5-4-8-16-9-6-10-17(14-16)15-20-2;1-8-6(7)4-3-5-9-2/h5-6,9-11,14,18-19H,3-4,7-8,12-13,15H2,1-2H3;3-5H2,1-2H3/b11-5+;/t18-,19?;/m0./s1. The van der Waals surface area contributed by atoms with Crippen molar-refractivity contribution in [1.82, 2.24) is 0 Å². The summed E-state index contributed by atoms with van der Waals surface area (Å²) in [5, 5.41) is 0. The van der Waals surface area contributed by atoms with Gasteiger partial charge in [-0.2, -0.15) is 11.8 Å². The van der Waals surface area contributed by atoms with Gasteiger partial charge in [0.2, 0.25) is 0 Å². The second kappa shape index (κ2) is 16.5. The molecular weight excluding hydrogens is 380 g/mol. The number of rotatable bonds is 11. The first-order chi connectivity index (χ1) is 14.1. The van der Waals surface area contributed by atoms with Crippen LogP contribution in [0.4, 0.5) is 0 Å². The molecule has 0 radical (unpaired) electrons. The van der Waals surface area contributed by atoms with E-state index in [0.717, 1.165) is 36.9 Å². The van der Waals surface area contributed by atoms with Crippen molar-refractivity contribution in [2.24, 2.45) is 11.8 Å². The number of esters is 1. The summed E-state index contributed by atoms with van der Waals surface area (Å²) < 4.78 is 9.63. The van der Waals surface area contributed by atoms with Crippen LogP contribution in [0.5, 0.6) is 0 Å². The monoisotopic (exact) mass is 420 g/mol. The molecule has 29 heavy (non-hydrogen) atoms. The Bertz CT molecular complexity index is 585. The van der Waals surface area contributed by atoms with Crippen molar-refractivity contribution in [2.75, 3.05) is 26.2 Å². The number of thioether (sulfide) groups is 1. The van der Waals surface area contributed by atoms with Crippen molar-refractivity contribution in [3.63, 3.8) is 0 Å². The van der Waals surface area contributed by atoms with E-state index in [1.165, 1.54) is 43.9 Å². The largest absolute Gasteiger partial charge is 0.469 e. The van der Waals surface area contributed by atoms with Gasteiger partial charge in [0.05, 0.1) is 13.7 Å². The SMILES string of the molecule is CC[C@H]1CCCC1/C=C/CCc1cccc(COC)c1.COC(=O)CCCSC. The Balaban J connectivity index is 0.000000396. The zero-order valence-electron chi connectivity index (χ0n) is 18.8. The van der Waals surface area contributed by atoms with Gasteiger partial charge in [0.15, 0.2) is 0 Å². The summed E-state index contributed by atoms with van der Waals surface area (Å²) >= 11 is 1.75. The molecule has 1 aromatic rings. The predicted molar refractivity (Wildman–Crippen MR) is 125 cm³/mol. The van der Waals surface area contributed by atoms with E-state index in [-0.39, 0.29) is 5.97 Å². The molecule has 0 N–H and O–H groups in total. The molecule has 0 aliphatic heterocycles. The molecule has 0 saturated heterocycles. The summed E-state index contributed by atoms with van der Waals surface area (Å²) in [4.78, 5) is 10.5. The van der Waals surface area contributed by atoms with E-state index in [1.54, 1.807) is 18.9 Å². The first kappa shape index (κ1) is 25.8. The quantitative estimate of drug-likeness (QED) is 0.234. The summed E-state index contributed by atoms with van der Waals surface area (Å²) in [5.41, 5.74) is 2.69. The fourth-order valence-electron chi connectivity index (χ4n) is 3.85. The molecule has 1 saturated carbocycles. The molecule has 1 fully saturated rings.